The van der Waals surface area contributed by atoms with E-state index < -0.39 is 15.6 Å². The summed E-state index contributed by atoms with van der Waals surface area (Å²) in [5, 5.41) is 10.4. The molecule has 20 heavy (non-hydrogen) atoms. The number of aliphatic hydroxyl groups is 1. The molecule has 0 bridgehead atoms. The first-order valence-electron chi connectivity index (χ1n) is 6.30. The Kier molecular flexibility index (Phi) is 5.43. The molecule has 0 radical (unpaired) electrons. The van der Waals surface area contributed by atoms with Crippen molar-refractivity contribution in [1.29, 1.82) is 0 Å². The van der Waals surface area contributed by atoms with Crippen LogP contribution in [-0.2, 0) is 10.0 Å². The van der Waals surface area contributed by atoms with E-state index in [0.29, 0.717) is 11.4 Å². The summed E-state index contributed by atoms with van der Waals surface area (Å²) in [4.78, 5) is 0.0275. The van der Waals surface area contributed by atoms with E-state index in [0.717, 1.165) is 0 Å². The van der Waals surface area contributed by atoms with Crippen molar-refractivity contribution in [3.8, 4) is 0 Å². The summed E-state index contributed by atoms with van der Waals surface area (Å²) in [5.74, 6) is 0.265. The van der Waals surface area contributed by atoms with Gasteiger partial charge in [-0.1, -0.05) is 25.4 Å². The summed E-state index contributed by atoms with van der Waals surface area (Å²) in [7, 11) is -3.72. The lowest BCUT2D eigenvalue weighted by Crippen LogP contribution is -2.41. The van der Waals surface area contributed by atoms with E-state index in [1.54, 1.807) is 6.92 Å². The maximum Gasteiger partial charge on any atom is 0.240 e. The number of benzene rings is 1. The molecule has 7 heteroatoms. The molecule has 114 valence electrons. The quantitative estimate of drug-likeness (QED) is 0.699. The summed E-state index contributed by atoms with van der Waals surface area (Å²) in [6.07, 6.45) is 0.498. The summed E-state index contributed by atoms with van der Waals surface area (Å²) in [5.41, 5.74) is 4.69. The maximum absolute atomic E-state index is 12.1. The van der Waals surface area contributed by atoms with Gasteiger partial charge in [0.25, 0.3) is 0 Å². The average Bonchev–Trinajstić information content (AvgIpc) is 2.29. The molecular weight excluding hydrogens is 300 g/mol. The van der Waals surface area contributed by atoms with E-state index in [2.05, 4.69) is 4.72 Å². The van der Waals surface area contributed by atoms with Gasteiger partial charge < -0.3 is 10.8 Å². The van der Waals surface area contributed by atoms with Crippen molar-refractivity contribution in [2.24, 2.45) is 5.92 Å². The Hall–Kier alpha value is -0.820. The number of nitrogens with two attached hydrogens (primary N) is 1. The van der Waals surface area contributed by atoms with E-state index >= 15 is 0 Å². The molecule has 0 saturated heterocycles. The van der Waals surface area contributed by atoms with Gasteiger partial charge in [0.1, 0.15) is 0 Å². The molecule has 0 aliphatic carbocycles. The molecule has 4 N–H and O–H groups in total. The Balaban J connectivity index is 2.82. The minimum atomic E-state index is -3.72. The van der Waals surface area contributed by atoms with Gasteiger partial charge in [-0.2, -0.15) is 0 Å². The third kappa shape index (κ3) is 4.94. The molecule has 0 amide bonds. The van der Waals surface area contributed by atoms with Gasteiger partial charge in [0.2, 0.25) is 10.0 Å². The third-order valence-electron chi connectivity index (χ3n) is 2.77. The van der Waals surface area contributed by atoms with Crippen molar-refractivity contribution >= 4 is 27.3 Å². The Morgan fingerprint density at radius 2 is 2.05 bits per heavy atom. The smallest absolute Gasteiger partial charge is 0.240 e. The van der Waals surface area contributed by atoms with Crippen LogP contribution in [0, 0.1) is 5.92 Å². The summed E-state index contributed by atoms with van der Waals surface area (Å²) in [6, 6.07) is 4.09. The van der Waals surface area contributed by atoms with Crippen LogP contribution < -0.4 is 10.5 Å². The SMILES string of the molecule is CC(C)CC(C)(O)CNS(=O)(=O)c1ccc(Cl)c(N)c1. The highest BCUT2D eigenvalue weighted by molar-refractivity contribution is 7.89. The van der Waals surface area contributed by atoms with Crippen molar-refractivity contribution in [3.05, 3.63) is 23.2 Å². The average molecular weight is 321 g/mol. The number of sulfonamides is 1. The highest BCUT2D eigenvalue weighted by Crippen LogP contribution is 2.22. The fraction of sp³-hybridized carbons (Fsp3) is 0.538. The van der Waals surface area contributed by atoms with Crippen molar-refractivity contribution < 1.29 is 13.5 Å². The Morgan fingerprint density at radius 1 is 1.45 bits per heavy atom. The van der Waals surface area contributed by atoms with Crippen LogP contribution in [0.25, 0.3) is 0 Å². The first-order valence-corrected chi connectivity index (χ1v) is 8.17. The molecule has 1 unspecified atom stereocenters. The topological polar surface area (TPSA) is 92.4 Å². The normalized spacial score (nSPS) is 15.3. The molecule has 0 heterocycles. The second kappa shape index (κ2) is 6.30. The molecule has 1 atom stereocenters. The van der Waals surface area contributed by atoms with Crippen LogP contribution in [-0.4, -0.2) is 25.7 Å². The fourth-order valence-electron chi connectivity index (χ4n) is 1.97. The lowest BCUT2D eigenvalue weighted by atomic mass is 9.95. The maximum atomic E-state index is 12.1. The summed E-state index contributed by atoms with van der Waals surface area (Å²) in [6.45, 7) is 5.47. The molecule has 0 fully saturated rings. The standard InChI is InChI=1S/C13H21ClN2O3S/c1-9(2)7-13(3,17)8-16-20(18,19)10-4-5-11(14)12(15)6-10/h4-6,9,16-17H,7-8,15H2,1-3H3. The molecule has 0 saturated carbocycles. The largest absolute Gasteiger partial charge is 0.397 e. The number of hydrogen-bond acceptors (Lipinski definition) is 4. The van der Waals surface area contributed by atoms with Crippen LogP contribution in [0.3, 0.4) is 0 Å². The fourth-order valence-corrected chi connectivity index (χ4v) is 3.29. The molecule has 0 aliphatic heterocycles. The van der Waals surface area contributed by atoms with E-state index in [9.17, 15) is 13.5 Å². The van der Waals surface area contributed by atoms with Gasteiger partial charge in [0, 0.05) is 6.54 Å². The second-order valence-corrected chi connectivity index (χ2v) is 7.78. The van der Waals surface area contributed by atoms with Crippen LogP contribution in [0.4, 0.5) is 5.69 Å². The van der Waals surface area contributed by atoms with Gasteiger partial charge in [0.05, 0.1) is 21.2 Å². The first-order chi connectivity index (χ1) is 9.03. The summed E-state index contributed by atoms with van der Waals surface area (Å²) >= 11 is 5.76. The van der Waals surface area contributed by atoms with Crippen LogP contribution in [0.5, 0.6) is 0 Å². The number of nitrogens with one attached hydrogen (secondary N) is 1. The number of rotatable bonds is 6. The zero-order valence-corrected chi connectivity index (χ0v) is 13.4. The lowest BCUT2D eigenvalue weighted by Gasteiger charge is -2.25. The van der Waals surface area contributed by atoms with E-state index in [4.69, 9.17) is 17.3 Å². The van der Waals surface area contributed by atoms with E-state index in [-0.39, 0.29) is 23.0 Å². The van der Waals surface area contributed by atoms with Crippen molar-refractivity contribution in [1.82, 2.24) is 4.72 Å². The van der Waals surface area contributed by atoms with Gasteiger partial charge in [-0.3, -0.25) is 0 Å². The minimum absolute atomic E-state index is 0.0275. The van der Waals surface area contributed by atoms with E-state index in [1.807, 2.05) is 13.8 Å². The predicted octanol–water partition coefficient (Wildman–Crippen LogP) is 2.00. The molecule has 1 aromatic carbocycles. The molecule has 1 rings (SSSR count). The van der Waals surface area contributed by atoms with Gasteiger partial charge >= 0.3 is 0 Å². The number of nitrogen functional groups attached to an aromatic ring is 1. The number of anilines is 1. The zero-order chi connectivity index (χ0) is 15.6. The zero-order valence-electron chi connectivity index (χ0n) is 11.9. The molecular formula is C13H21ClN2O3S. The van der Waals surface area contributed by atoms with E-state index in [1.165, 1.54) is 18.2 Å². The third-order valence-corrected chi connectivity index (χ3v) is 4.51. The molecule has 5 nitrogen and oxygen atoms in total. The monoisotopic (exact) mass is 320 g/mol. The predicted molar refractivity (Wildman–Crippen MR) is 81.1 cm³/mol. The number of hydrogen-bond donors (Lipinski definition) is 3. The van der Waals surface area contributed by atoms with Crippen LogP contribution in [0.2, 0.25) is 5.02 Å². The van der Waals surface area contributed by atoms with Crippen molar-refractivity contribution in [2.75, 3.05) is 12.3 Å². The van der Waals surface area contributed by atoms with Crippen LogP contribution in [0.15, 0.2) is 23.1 Å². The molecule has 0 spiro atoms. The summed E-state index contributed by atoms with van der Waals surface area (Å²) < 4.78 is 26.6. The van der Waals surface area contributed by atoms with Crippen molar-refractivity contribution in [2.45, 2.75) is 37.7 Å². The highest BCUT2D eigenvalue weighted by Gasteiger charge is 2.25. The molecule has 0 aromatic heterocycles. The van der Waals surface area contributed by atoms with Gasteiger partial charge in [-0.05, 0) is 37.5 Å². The minimum Gasteiger partial charge on any atom is -0.397 e. The Bertz CT molecular complexity index is 571. The highest BCUT2D eigenvalue weighted by atomic mass is 35.5. The number of halogens is 1. The Morgan fingerprint density at radius 3 is 2.55 bits per heavy atom. The van der Waals surface area contributed by atoms with Crippen LogP contribution in [0.1, 0.15) is 27.2 Å². The Labute approximate surface area is 125 Å². The van der Waals surface area contributed by atoms with Gasteiger partial charge in [-0.25, -0.2) is 13.1 Å². The van der Waals surface area contributed by atoms with Gasteiger partial charge in [-0.15, -0.1) is 0 Å². The van der Waals surface area contributed by atoms with Gasteiger partial charge in [0.15, 0.2) is 0 Å². The second-order valence-electron chi connectivity index (χ2n) is 5.60. The van der Waals surface area contributed by atoms with Crippen LogP contribution >= 0.6 is 11.6 Å². The first kappa shape index (κ1) is 17.2. The molecule has 0 aliphatic rings. The molecule has 1 aromatic rings. The lowest BCUT2D eigenvalue weighted by molar-refractivity contribution is 0.0437. The van der Waals surface area contributed by atoms with Crippen molar-refractivity contribution in [3.63, 3.8) is 0 Å².